The molecule has 0 spiro atoms. The number of nitrogens with zero attached hydrogens (tertiary/aromatic N) is 1. The second-order valence-corrected chi connectivity index (χ2v) is 9.44. The summed E-state index contributed by atoms with van der Waals surface area (Å²) in [6, 6.07) is 8.55. The molecule has 1 aliphatic heterocycles. The molecule has 4 rings (SSSR count). The van der Waals surface area contributed by atoms with Gasteiger partial charge in [0.15, 0.2) is 0 Å². The number of hydrogen-bond acceptors (Lipinski definition) is 4. The van der Waals surface area contributed by atoms with E-state index < -0.39 is 15.6 Å². The summed E-state index contributed by atoms with van der Waals surface area (Å²) < 4.78 is 29.7. The van der Waals surface area contributed by atoms with Crippen molar-refractivity contribution in [3.8, 4) is 0 Å². The lowest BCUT2D eigenvalue weighted by atomic mass is 9.74. The lowest BCUT2D eigenvalue weighted by molar-refractivity contribution is 0.0999. The van der Waals surface area contributed by atoms with Crippen LogP contribution < -0.4 is 15.4 Å². The van der Waals surface area contributed by atoms with Crippen LogP contribution in [0.25, 0.3) is 10.8 Å². The Bertz CT molecular complexity index is 1040. The van der Waals surface area contributed by atoms with Crippen LogP contribution in [0.1, 0.15) is 43.0 Å². The average Bonchev–Trinajstić information content (AvgIpc) is 2.90. The highest BCUT2D eigenvalue weighted by molar-refractivity contribution is 7.89. The van der Waals surface area contributed by atoms with Gasteiger partial charge in [-0.3, -0.25) is 4.79 Å². The molecule has 0 saturated heterocycles. The Morgan fingerprint density at radius 3 is 2.68 bits per heavy atom. The topological polar surface area (TPSA) is 92.5 Å². The third-order valence-corrected chi connectivity index (χ3v) is 7.93. The van der Waals surface area contributed by atoms with Gasteiger partial charge in [-0.2, -0.15) is 0 Å². The first-order valence-corrected chi connectivity index (χ1v) is 10.9. The molecular formula is C20H26ClN3O3S. The fourth-order valence-electron chi connectivity index (χ4n) is 4.58. The molecule has 2 unspecified atom stereocenters. The van der Waals surface area contributed by atoms with Gasteiger partial charge >= 0.3 is 0 Å². The van der Waals surface area contributed by atoms with Gasteiger partial charge in [0.2, 0.25) is 10.0 Å². The number of nitrogens with two attached hydrogens (primary N) is 1. The van der Waals surface area contributed by atoms with E-state index >= 15 is 0 Å². The quantitative estimate of drug-likeness (QED) is 0.790. The molecule has 8 heteroatoms. The summed E-state index contributed by atoms with van der Waals surface area (Å²) in [4.78, 5) is 14.2. The molecule has 3 N–H and O–H groups in total. The Morgan fingerprint density at radius 2 is 2.00 bits per heavy atom. The van der Waals surface area contributed by atoms with Crippen LogP contribution in [0.3, 0.4) is 0 Å². The summed E-state index contributed by atoms with van der Waals surface area (Å²) in [7, 11) is -2.09. The maximum atomic E-state index is 13.4. The maximum Gasteiger partial charge on any atom is 0.258 e. The van der Waals surface area contributed by atoms with Crippen LogP contribution in [-0.4, -0.2) is 33.5 Å². The monoisotopic (exact) mass is 423 g/mol. The third kappa shape index (κ3) is 3.01. The fourth-order valence-corrected chi connectivity index (χ4v) is 6.31. The summed E-state index contributed by atoms with van der Waals surface area (Å²) in [5.74, 6) is 0.0629. The number of carbonyl (C=O) groups excluding carboxylic acids is 1. The first kappa shape index (κ1) is 21.0. The van der Waals surface area contributed by atoms with E-state index in [0.717, 1.165) is 31.4 Å². The number of rotatable bonds is 4. The molecule has 2 atom stereocenters. The van der Waals surface area contributed by atoms with Gasteiger partial charge in [-0.05, 0) is 37.0 Å². The standard InChI is InChI=1S/C20H25N3O3S.ClH/c1-13-6-3-4-11-20(13,12-21)22-27(25,26)17-10-9-16-18-14(17)7-5-8-15(18)19(24)23(16)2;/h5,7-10,13,22H,3-4,6,11-12,21H2,1-2H3;1H. The summed E-state index contributed by atoms with van der Waals surface area (Å²) in [6.07, 6.45) is 3.77. The molecule has 0 bridgehead atoms. The zero-order valence-electron chi connectivity index (χ0n) is 16.1. The molecule has 152 valence electrons. The number of amides is 1. The van der Waals surface area contributed by atoms with Gasteiger partial charge in [-0.25, -0.2) is 13.1 Å². The molecule has 2 aromatic rings. The highest BCUT2D eigenvalue weighted by Crippen LogP contribution is 2.40. The van der Waals surface area contributed by atoms with E-state index in [4.69, 9.17) is 5.73 Å². The van der Waals surface area contributed by atoms with Crippen LogP contribution in [-0.2, 0) is 10.0 Å². The fraction of sp³-hybridized carbons (Fsp3) is 0.450. The lowest BCUT2D eigenvalue weighted by Crippen LogP contribution is -2.58. The van der Waals surface area contributed by atoms with Gasteiger partial charge in [0, 0.05) is 35.5 Å². The maximum absolute atomic E-state index is 13.4. The van der Waals surface area contributed by atoms with Crippen molar-refractivity contribution in [1.82, 2.24) is 4.72 Å². The van der Waals surface area contributed by atoms with E-state index in [9.17, 15) is 13.2 Å². The van der Waals surface area contributed by atoms with Crippen molar-refractivity contribution in [2.45, 2.75) is 43.0 Å². The minimum atomic E-state index is -3.79. The highest BCUT2D eigenvalue weighted by atomic mass is 35.5. The molecule has 28 heavy (non-hydrogen) atoms. The van der Waals surface area contributed by atoms with Gasteiger partial charge in [-0.15, -0.1) is 12.4 Å². The zero-order valence-corrected chi connectivity index (χ0v) is 17.7. The second kappa shape index (κ2) is 7.30. The van der Waals surface area contributed by atoms with Crippen LogP contribution in [0.5, 0.6) is 0 Å². The molecule has 0 radical (unpaired) electrons. The van der Waals surface area contributed by atoms with Crippen LogP contribution in [0.2, 0.25) is 0 Å². The van der Waals surface area contributed by atoms with Crippen molar-refractivity contribution in [3.63, 3.8) is 0 Å². The number of hydrogen-bond donors (Lipinski definition) is 2. The number of carbonyl (C=O) groups is 1. The number of benzene rings is 2. The number of nitrogens with one attached hydrogen (secondary N) is 1. The van der Waals surface area contributed by atoms with Gasteiger partial charge < -0.3 is 10.6 Å². The zero-order chi connectivity index (χ0) is 19.4. The van der Waals surface area contributed by atoms with Crippen LogP contribution in [0.15, 0.2) is 35.2 Å². The van der Waals surface area contributed by atoms with Crippen molar-refractivity contribution in [2.75, 3.05) is 18.5 Å². The van der Waals surface area contributed by atoms with Gasteiger partial charge in [0.1, 0.15) is 0 Å². The van der Waals surface area contributed by atoms with Crippen LogP contribution >= 0.6 is 12.4 Å². The predicted molar refractivity (Wildman–Crippen MR) is 114 cm³/mol. The molecule has 0 aromatic heterocycles. The van der Waals surface area contributed by atoms with Gasteiger partial charge in [0.25, 0.3) is 5.91 Å². The molecule has 1 saturated carbocycles. The van der Waals surface area contributed by atoms with E-state index in [1.165, 1.54) is 0 Å². The predicted octanol–water partition coefficient (Wildman–Crippen LogP) is 3.04. The third-order valence-electron chi connectivity index (χ3n) is 6.32. The summed E-state index contributed by atoms with van der Waals surface area (Å²) in [5, 5.41) is 1.28. The Hall–Kier alpha value is -1.67. The molecule has 1 aliphatic carbocycles. The largest absolute Gasteiger partial charge is 0.329 e. The number of sulfonamides is 1. The van der Waals surface area contributed by atoms with Crippen molar-refractivity contribution in [1.29, 1.82) is 0 Å². The molecule has 1 fully saturated rings. The molecule has 2 aromatic carbocycles. The number of anilines is 1. The molecule has 1 amide bonds. The number of halogens is 1. The van der Waals surface area contributed by atoms with Gasteiger partial charge in [-0.1, -0.05) is 31.9 Å². The average molecular weight is 424 g/mol. The normalized spacial score (nSPS) is 24.5. The van der Waals surface area contributed by atoms with E-state index in [1.807, 2.05) is 0 Å². The summed E-state index contributed by atoms with van der Waals surface area (Å²) >= 11 is 0. The van der Waals surface area contributed by atoms with E-state index in [-0.39, 0.29) is 35.7 Å². The van der Waals surface area contributed by atoms with Crippen molar-refractivity contribution in [3.05, 3.63) is 35.9 Å². The highest BCUT2D eigenvalue weighted by Gasteiger charge is 2.41. The molecule has 1 heterocycles. The van der Waals surface area contributed by atoms with Gasteiger partial charge in [0.05, 0.1) is 10.6 Å². The first-order valence-electron chi connectivity index (χ1n) is 9.38. The van der Waals surface area contributed by atoms with E-state index in [1.54, 1.807) is 42.3 Å². The molecule has 2 aliphatic rings. The lowest BCUT2D eigenvalue weighted by Gasteiger charge is -2.42. The van der Waals surface area contributed by atoms with E-state index in [0.29, 0.717) is 16.3 Å². The first-order chi connectivity index (χ1) is 12.8. The second-order valence-electron chi connectivity index (χ2n) is 7.79. The van der Waals surface area contributed by atoms with Crippen LogP contribution in [0, 0.1) is 5.92 Å². The van der Waals surface area contributed by atoms with Crippen LogP contribution in [0.4, 0.5) is 5.69 Å². The van der Waals surface area contributed by atoms with E-state index in [2.05, 4.69) is 11.6 Å². The Balaban J connectivity index is 0.00000225. The Labute approximate surface area is 171 Å². The summed E-state index contributed by atoms with van der Waals surface area (Å²) in [5.41, 5.74) is 6.71. The minimum absolute atomic E-state index is 0. The minimum Gasteiger partial charge on any atom is -0.329 e. The van der Waals surface area contributed by atoms with Crippen molar-refractivity contribution in [2.24, 2.45) is 11.7 Å². The van der Waals surface area contributed by atoms with Crippen molar-refractivity contribution >= 4 is 44.8 Å². The smallest absolute Gasteiger partial charge is 0.258 e. The Kier molecular flexibility index (Phi) is 5.49. The van der Waals surface area contributed by atoms with Crippen molar-refractivity contribution < 1.29 is 13.2 Å². The molecule has 6 nitrogen and oxygen atoms in total. The summed E-state index contributed by atoms with van der Waals surface area (Å²) in [6.45, 7) is 2.34. The SMILES string of the molecule is CC1CCCCC1(CN)NS(=O)(=O)c1ccc2c3c(cccc13)C(=O)N2C.Cl. The molecular weight excluding hydrogens is 398 g/mol. The Morgan fingerprint density at radius 1 is 1.25 bits per heavy atom.